The molecule has 0 aliphatic heterocycles. The number of nitrogens with two attached hydrogens (primary N) is 1. The van der Waals surface area contributed by atoms with Gasteiger partial charge < -0.3 is 5.73 Å². The third-order valence-electron chi connectivity index (χ3n) is 4.10. The Bertz CT molecular complexity index is 1200. The Balaban J connectivity index is 1.98. The van der Waals surface area contributed by atoms with Crippen LogP contribution < -0.4 is 11.3 Å². The number of carbonyl (C=O) groups excluding carboxylic acids is 1. The van der Waals surface area contributed by atoms with Crippen molar-refractivity contribution in [3.05, 3.63) is 93.2 Å². The summed E-state index contributed by atoms with van der Waals surface area (Å²) in [6, 6.07) is 19.1. The Kier molecular flexibility index (Phi) is 4.11. The van der Waals surface area contributed by atoms with E-state index in [-0.39, 0.29) is 11.3 Å². The molecular formula is C20H13ClN2O2S. The minimum atomic E-state index is -0.213. The average molecular weight is 381 g/mol. The Labute approximate surface area is 158 Å². The van der Waals surface area contributed by atoms with E-state index in [2.05, 4.69) is 0 Å². The van der Waals surface area contributed by atoms with Crippen LogP contribution in [0.25, 0.3) is 15.9 Å². The van der Waals surface area contributed by atoms with Crippen LogP contribution in [0.15, 0.2) is 71.5 Å². The molecule has 0 amide bonds. The van der Waals surface area contributed by atoms with Crippen LogP contribution >= 0.6 is 22.9 Å². The molecule has 0 saturated carbocycles. The fourth-order valence-electron chi connectivity index (χ4n) is 2.93. The molecule has 0 radical (unpaired) electrons. The van der Waals surface area contributed by atoms with Gasteiger partial charge in [-0.15, -0.1) is 0 Å². The van der Waals surface area contributed by atoms with Crippen molar-refractivity contribution in [1.29, 1.82) is 0 Å². The number of halogens is 1. The van der Waals surface area contributed by atoms with E-state index in [9.17, 15) is 9.59 Å². The maximum absolute atomic E-state index is 13.0. The summed E-state index contributed by atoms with van der Waals surface area (Å²) in [6.45, 7) is 0. The quantitative estimate of drug-likeness (QED) is 0.531. The predicted octanol–water partition coefficient (Wildman–Crippen LogP) is 4.52. The first-order chi connectivity index (χ1) is 12.6. The second kappa shape index (κ2) is 6.44. The highest BCUT2D eigenvalue weighted by Gasteiger charge is 2.21. The summed E-state index contributed by atoms with van der Waals surface area (Å²) < 4.78 is 1.57. The van der Waals surface area contributed by atoms with Gasteiger partial charge in [0.25, 0.3) is 5.56 Å². The second-order valence-corrected chi connectivity index (χ2v) is 7.21. The number of rotatable bonds is 3. The van der Waals surface area contributed by atoms with E-state index in [1.165, 1.54) is 17.4 Å². The molecule has 2 N–H and O–H groups in total. The maximum atomic E-state index is 13.0. The molecule has 2 aromatic carbocycles. The molecule has 128 valence electrons. The van der Waals surface area contributed by atoms with E-state index in [1.807, 2.05) is 30.3 Å². The fourth-order valence-corrected chi connectivity index (χ4v) is 4.20. The van der Waals surface area contributed by atoms with Crippen molar-refractivity contribution in [2.45, 2.75) is 0 Å². The SMILES string of the molecule is Nc1sc2c(ccc(=O)n2-c2ccccc2)c1C(=O)c1cccc(Cl)c1. The smallest absolute Gasteiger partial charge is 0.256 e. The van der Waals surface area contributed by atoms with E-state index in [1.54, 1.807) is 34.9 Å². The molecule has 4 rings (SSSR count). The van der Waals surface area contributed by atoms with Crippen molar-refractivity contribution in [1.82, 2.24) is 4.57 Å². The molecule has 0 unspecified atom stereocenters. The van der Waals surface area contributed by atoms with E-state index >= 15 is 0 Å². The number of nitrogens with zero attached hydrogens (tertiary/aromatic N) is 1. The summed E-state index contributed by atoms with van der Waals surface area (Å²) in [4.78, 5) is 26.1. The summed E-state index contributed by atoms with van der Waals surface area (Å²) in [6.07, 6.45) is 0. The van der Waals surface area contributed by atoms with Gasteiger partial charge in [0.15, 0.2) is 5.78 Å². The molecular weight excluding hydrogens is 368 g/mol. The lowest BCUT2D eigenvalue weighted by Crippen LogP contribution is -2.16. The average Bonchev–Trinajstić information content (AvgIpc) is 2.97. The van der Waals surface area contributed by atoms with Gasteiger partial charge in [0.05, 0.1) is 16.3 Å². The van der Waals surface area contributed by atoms with Gasteiger partial charge >= 0.3 is 0 Å². The molecule has 0 atom stereocenters. The van der Waals surface area contributed by atoms with Gasteiger partial charge in [0.1, 0.15) is 4.83 Å². The topological polar surface area (TPSA) is 65.1 Å². The lowest BCUT2D eigenvalue weighted by molar-refractivity contribution is 0.104. The number of ketones is 1. The van der Waals surface area contributed by atoms with Crippen molar-refractivity contribution in [2.24, 2.45) is 0 Å². The molecule has 0 bridgehead atoms. The summed E-state index contributed by atoms with van der Waals surface area (Å²) >= 11 is 7.24. The molecule has 0 saturated heterocycles. The molecule has 0 spiro atoms. The number of hydrogen-bond acceptors (Lipinski definition) is 4. The monoisotopic (exact) mass is 380 g/mol. The van der Waals surface area contributed by atoms with Crippen molar-refractivity contribution < 1.29 is 4.79 Å². The van der Waals surface area contributed by atoms with Gasteiger partial charge in [-0.05, 0) is 30.3 Å². The lowest BCUT2D eigenvalue weighted by Gasteiger charge is -2.07. The minimum absolute atomic E-state index is 0.174. The largest absolute Gasteiger partial charge is 0.390 e. The predicted molar refractivity (Wildman–Crippen MR) is 107 cm³/mol. The third kappa shape index (κ3) is 2.71. The van der Waals surface area contributed by atoms with Crippen LogP contribution in [0.3, 0.4) is 0 Å². The van der Waals surface area contributed by atoms with E-state index in [4.69, 9.17) is 17.3 Å². The fraction of sp³-hybridized carbons (Fsp3) is 0. The summed E-state index contributed by atoms with van der Waals surface area (Å²) in [7, 11) is 0. The number of para-hydroxylation sites is 1. The number of hydrogen-bond donors (Lipinski definition) is 1. The van der Waals surface area contributed by atoms with Crippen LogP contribution in [0, 0.1) is 0 Å². The van der Waals surface area contributed by atoms with Gasteiger partial charge in [0.2, 0.25) is 0 Å². The number of anilines is 1. The highest BCUT2D eigenvalue weighted by molar-refractivity contribution is 7.22. The number of pyridine rings is 1. The number of thiophene rings is 1. The standard InChI is InChI=1S/C20H13ClN2O2S/c21-13-6-4-5-12(11-13)18(25)17-15-9-10-16(24)23(20(15)26-19(17)22)14-7-2-1-3-8-14/h1-11H,22H2. The van der Waals surface area contributed by atoms with Gasteiger partial charge in [0, 0.05) is 22.0 Å². The lowest BCUT2D eigenvalue weighted by atomic mass is 10.0. The van der Waals surface area contributed by atoms with Crippen LogP contribution in [-0.4, -0.2) is 10.4 Å². The Morgan fingerprint density at radius 2 is 1.77 bits per heavy atom. The van der Waals surface area contributed by atoms with Crippen LogP contribution in [-0.2, 0) is 0 Å². The highest BCUT2D eigenvalue weighted by atomic mass is 35.5. The maximum Gasteiger partial charge on any atom is 0.256 e. The number of nitrogen functional groups attached to an aromatic ring is 1. The zero-order valence-electron chi connectivity index (χ0n) is 13.5. The van der Waals surface area contributed by atoms with Gasteiger partial charge in [-0.3, -0.25) is 14.2 Å². The van der Waals surface area contributed by atoms with Crippen LogP contribution in [0.5, 0.6) is 0 Å². The zero-order chi connectivity index (χ0) is 18.3. The number of aromatic nitrogens is 1. The van der Waals surface area contributed by atoms with E-state index < -0.39 is 0 Å². The van der Waals surface area contributed by atoms with Crippen molar-refractivity contribution in [2.75, 3.05) is 5.73 Å². The molecule has 6 heteroatoms. The molecule has 0 aliphatic rings. The van der Waals surface area contributed by atoms with E-state index in [0.717, 1.165) is 5.69 Å². The first-order valence-electron chi connectivity index (χ1n) is 7.86. The van der Waals surface area contributed by atoms with Crippen LogP contribution in [0.2, 0.25) is 5.02 Å². The number of benzene rings is 2. The van der Waals surface area contributed by atoms with E-state index in [0.29, 0.717) is 31.4 Å². The molecule has 2 aromatic heterocycles. The number of fused-ring (bicyclic) bond motifs is 1. The summed E-state index contributed by atoms with van der Waals surface area (Å²) in [5.74, 6) is -0.213. The molecule has 4 aromatic rings. The van der Waals surface area contributed by atoms with Gasteiger partial charge in [-0.1, -0.05) is 53.3 Å². The Morgan fingerprint density at radius 3 is 2.50 bits per heavy atom. The van der Waals surface area contributed by atoms with Gasteiger partial charge in [-0.2, -0.15) is 0 Å². The van der Waals surface area contributed by atoms with Gasteiger partial charge in [-0.25, -0.2) is 0 Å². The number of carbonyl (C=O) groups is 1. The van der Waals surface area contributed by atoms with Crippen LogP contribution in [0.4, 0.5) is 5.00 Å². The Hall–Kier alpha value is -2.89. The van der Waals surface area contributed by atoms with Crippen molar-refractivity contribution in [3.63, 3.8) is 0 Å². The van der Waals surface area contributed by atoms with Crippen molar-refractivity contribution >= 4 is 43.9 Å². The summed E-state index contributed by atoms with van der Waals surface area (Å²) in [5.41, 5.74) is 7.59. The first-order valence-corrected chi connectivity index (χ1v) is 9.05. The minimum Gasteiger partial charge on any atom is -0.390 e. The van der Waals surface area contributed by atoms with Crippen LogP contribution in [0.1, 0.15) is 15.9 Å². The first kappa shape index (κ1) is 16.6. The molecule has 0 aliphatic carbocycles. The summed E-state index contributed by atoms with van der Waals surface area (Å²) in [5, 5.41) is 1.51. The second-order valence-electron chi connectivity index (χ2n) is 5.74. The highest BCUT2D eigenvalue weighted by Crippen LogP contribution is 2.35. The molecule has 0 fully saturated rings. The van der Waals surface area contributed by atoms with Crippen molar-refractivity contribution in [3.8, 4) is 5.69 Å². The molecule has 4 nitrogen and oxygen atoms in total. The normalized spacial score (nSPS) is 11.0. The zero-order valence-corrected chi connectivity index (χ0v) is 15.1. The molecule has 26 heavy (non-hydrogen) atoms. The third-order valence-corrected chi connectivity index (χ3v) is 5.35. The Morgan fingerprint density at radius 1 is 1.00 bits per heavy atom. The molecule has 2 heterocycles.